The number of para-hydroxylation sites is 2. The number of benzene rings is 3. The maximum Gasteiger partial charge on any atom is 0.277 e. The normalized spacial score (nSPS) is 13.7. The van der Waals surface area contributed by atoms with Gasteiger partial charge in [0, 0.05) is 31.2 Å². The number of rotatable bonds is 3. The molecule has 3 aromatic carbocycles. The average Bonchev–Trinajstić information content (AvgIpc) is 2.99. The Morgan fingerprint density at radius 2 is 1.53 bits per heavy atom. The third-order valence-corrected chi connectivity index (χ3v) is 5.66. The Hall–Kier alpha value is -3.66. The van der Waals surface area contributed by atoms with Crippen LogP contribution in [0.15, 0.2) is 91.1 Å². The molecule has 0 atom stereocenters. The molecule has 0 fully saturated rings. The molecule has 0 N–H and O–H groups in total. The van der Waals surface area contributed by atoms with Crippen LogP contribution in [-0.2, 0) is 6.54 Å². The first-order valence-electron chi connectivity index (χ1n) is 10.3. The maximum absolute atomic E-state index is 13.6. The van der Waals surface area contributed by atoms with Gasteiger partial charge in [0.25, 0.3) is 5.91 Å². The van der Waals surface area contributed by atoms with Crippen LogP contribution in [0.5, 0.6) is 0 Å². The molecule has 5 rings (SSSR count). The van der Waals surface area contributed by atoms with Gasteiger partial charge in [-0.15, -0.1) is 0 Å². The summed E-state index contributed by atoms with van der Waals surface area (Å²) in [7, 11) is 0. The first kappa shape index (κ1) is 18.4. The Labute approximate surface area is 176 Å². The second kappa shape index (κ2) is 7.99. The van der Waals surface area contributed by atoms with Crippen LogP contribution in [0, 0.1) is 0 Å². The number of fused-ring (bicyclic) bond motifs is 2. The summed E-state index contributed by atoms with van der Waals surface area (Å²) in [6.45, 7) is 2.40. The molecule has 30 heavy (non-hydrogen) atoms. The van der Waals surface area contributed by atoms with Crippen molar-refractivity contribution < 1.29 is 4.79 Å². The Kier molecular flexibility index (Phi) is 4.89. The summed E-state index contributed by atoms with van der Waals surface area (Å²) in [6, 6.07) is 28.6. The van der Waals surface area contributed by atoms with Crippen LogP contribution in [0.25, 0.3) is 10.8 Å². The molecule has 4 nitrogen and oxygen atoms in total. The van der Waals surface area contributed by atoms with E-state index < -0.39 is 0 Å². The van der Waals surface area contributed by atoms with E-state index in [1.807, 2.05) is 59.5 Å². The first-order valence-corrected chi connectivity index (χ1v) is 10.3. The predicted molar refractivity (Wildman–Crippen MR) is 122 cm³/mol. The van der Waals surface area contributed by atoms with Gasteiger partial charge < -0.3 is 9.80 Å². The van der Waals surface area contributed by atoms with Gasteiger partial charge in [0.05, 0.1) is 11.4 Å². The third-order valence-electron chi connectivity index (χ3n) is 5.66. The number of hydrogen-bond donors (Lipinski definition) is 0. The number of carbonyl (C=O) groups is 1. The number of anilines is 2. The van der Waals surface area contributed by atoms with E-state index in [0.717, 1.165) is 41.7 Å². The number of hydrogen-bond acceptors (Lipinski definition) is 3. The van der Waals surface area contributed by atoms with Gasteiger partial charge >= 0.3 is 0 Å². The predicted octanol–water partition coefficient (Wildman–Crippen LogP) is 5.29. The molecule has 0 bridgehead atoms. The van der Waals surface area contributed by atoms with Crippen molar-refractivity contribution in [3.63, 3.8) is 0 Å². The SMILES string of the molecule is O=C(c1nccc2ccccc12)N1CCCN(Cc2ccccc2)c2ccccc21. The van der Waals surface area contributed by atoms with Crippen molar-refractivity contribution >= 4 is 28.1 Å². The van der Waals surface area contributed by atoms with Crippen molar-refractivity contribution in [3.8, 4) is 0 Å². The van der Waals surface area contributed by atoms with Gasteiger partial charge in [0.15, 0.2) is 0 Å². The molecule has 2 heterocycles. The molecule has 0 spiro atoms. The monoisotopic (exact) mass is 393 g/mol. The lowest BCUT2D eigenvalue weighted by Crippen LogP contribution is -2.32. The zero-order valence-electron chi connectivity index (χ0n) is 16.7. The number of pyridine rings is 1. The Morgan fingerprint density at radius 1 is 0.800 bits per heavy atom. The second-order valence-electron chi connectivity index (χ2n) is 7.59. The van der Waals surface area contributed by atoms with Crippen LogP contribution >= 0.6 is 0 Å². The molecule has 4 heteroatoms. The van der Waals surface area contributed by atoms with Gasteiger partial charge in [-0.05, 0) is 35.6 Å². The molecule has 1 aromatic heterocycles. The van der Waals surface area contributed by atoms with Crippen LogP contribution in [0.3, 0.4) is 0 Å². The smallest absolute Gasteiger partial charge is 0.277 e. The molecule has 1 amide bonds. The summed E-state index contributed by atoms with van der Waals surface area (Å²) in [5.74, 6) is -0.0409. The van der Waals surface area contributed by atoms with Crippen molar-refractivity contribution in [1.82, 2.24) is 4.98 Å². The number of amides is 1. The van der Waals surface area contributed by atoms with Crippen LogP contribution in [0.1, 0.15) is 22.5 Å². The lowest BCUT2D eigenvalue weighted by molar-refractivity contribution is 0.0984. The standard InChI is InChI=1S/C26H23N3O/c30-26(25-22-12-5-4-11-21(22)15-16-27-25)29-18-8-17-28(19-20-9-2-1-3-10-20)23-13-6-7-14-24(23)29/h1-7,9-16H,8,17-19H2. The van der Waals surface area contributed by atoms with E-state index in [0.29, 0.717) is 12.2 Å². The number of aromatic nitrogens is 1. The molecule has 0 saturated heterocycles. The Bertz CT molecular complexity index is 1180. The molecule has 4 aromatic rings. The molecule has 0 aliphatic carbocycles. The first-order chi connectivity index (χ1) is 14.8. The van der Waals surface area contributed by atoms with E-state index >= 15 is 0 Å². The molecule has 0 saturated carbocycles. The Morgan fingerprint density at radius 3 is 2.40 bits per heavy atom. The van der Waals surface area contributed by atoms with E-state index in [4.69, 9.17) is 0 Å². The molecule has 1 aliphatic heterocycles. The fourth-order valence-electron chi connectivity index (χ4n) is 4.22. The summed E-state index contributed by atoms with van der Waals surface area (Å²) < 4.78 is 0. The van der Waals surface area contributed by atoms with E-state index in [9.17, 15) is 4.79 Å². The highest BCUT2D eigenvalue weighted by atomic mass is 16.2. The van der Waals surface area contributed by atoms with Crippen LogP contribution < -0.4 is 9.80 Å². The Balaban J connectivity index is 1.53. The van der Waals surface area contributed by atoms with E-state index in [1.165, 1.54) is 5.56 Å². The summed E-state index contributed by atoms with van der Waals surface area (Å²) in [6.07, 6.45) is 2.62. The molecule has 1 aliphatic rings. The van der Waals surface area contributed by atoms with Gasteiger partial charge in [-0.3, -0.25) is 9.78 Å². The van der Waals surface area contributed by atoms with E-state index in [2.05, 4.69) is 40.2 Å². The molecule has 148 valence electrons. The third kappa shape index (κ3) is 3.41. The van der Waals surface area contributed by atoms with Gasteiger partial charge in [0.2, 0.25) is 0 Å². The lowest BCUT2D eigenvalue weighted by atomic mass is 10.1. The van der Waals surface area contributed by atoms with Crippen molar-refractivity contribution in [2.75, 3.05) is 22.9 Å². The van der Waals surface area contributed by atoms with E-state index in [-0.39, 0.29) is 5.91 Å². The van der Waals surface area contributed by atoms with Crippen molar-refractivity contribution in [2.24, 2.45) is 0 Å². The molecular formula is C26H23N3O. The molecule has 0 radical (unpaired) electrons. The van der Waals surface area contributed by atoms with Gasteiger partial charge in [-0.2, -0.15) is 0 Å². The summed E-state index contributed by atoms with van der Waals surface area (Å²) in [4.78, 5) is 22.4. The van der Waals surface area contributed by atoms with Gasteiger partial charge in [-0.25, -0.2) is 0 Å². The second-order valence-corrected chi connectivity index (χ2v) is 7.59. The highest BCUT2D eigenvalue weighted by molar-refractivity contribution is 6.13. The minimum absolute atomic E-state index is 0.0409. The lowest BCUT2D eigenvalue weighted by Gasteiger charge is -2.27. The number of nitrogens with zero attached hydrogens (tertiary/aromatic N) is 3. The largest absolute Gasteiger partial charge is 0.365 e. The summed E-state index contributed by atoms with van der Waals surface area (Å²) in [5, 5.41) is 1.93. The quantitative estimate of drug-likeness (QED) is 0.474. The van der Waals surface area contributed by atoms with E-state index in [1.54, 1.807) is 6.20 Å². The summed E-state index contributed by atoms with van der Waals surface area (Å²) >= 11 is 0. The fourth-order valence-corrected chi connectivity index (χ4v) is 4.22. The minimum atomic E-state index is -0.0409. The number of carbonyl (C=O) groups excluding carboxylic acids is 1. The van der Waals surface area contributed by atoms with Gasteiger partial charge in [-0.1, -0.05) is 66.7 Å². The highest BCUT2D eigenvalue weighted by Crippen LogP contribution is 2.34. The maximum atomic E-state index is 13.6. The molecular weight excluding hydrogens is 370 g/mol. The zero-order valence-corrected chi connectivity index (χ0v) is 16.7. The van der Waals surface area contributed by atoms with Crippen LogP contribution in [0.2, 0.25) is 0 Å². The highest BCUT2D eigenvalue weighted by Gasteiger charge is 2.27. The van der Waals surface area contributed by atoms with Crippen LogP contribution in [0.4, 0.5) is 11.4 Å². The van der Waals surface area contributed by atoms with Crippen LogP contribution in [-0.4, -0.2) is 24.0 Å². The van der Waals surface area contributed by atoms with Crippen molar-refractivity contribution in [3.05, 3.63) is 102 Å². The zero-order chi connectivity index (χ0) is 20.3. The fraction of sp³-hybridized carbons (Fsp3) is 0.154. The summed E-state index contributed by atoms with van der Waals surface area (Å²) in [5.41, 5.74) is 3.82. The average molecular weight is 393 g/mol. The molecule has 0 unspecified atom stereocenters. The van der Waals surface area contributed by atoms with Crippen molar-refractivity contribution in [2.45, 2.75) is 13.0 Å². The van der Waals surface area contributed by atoms with Crippen molar-refractivity contribution in [1.29, 1.82) is 0 Å². The topological polar surface area (TPSA) is 36.4 Å². The van der Waals surface area contributed by atoms with Gasteiger partial charge in [0.1, 0.15) is 5.69 Å². The minimum Gasteiger partial charge on any atom is -0.365 e.